The van der Waals surface area contributed by atoms with Gasteiger partial charge in [-0.1, -0.05) is 32.9 Å². The van der Waals surface area contributed by atoms with Crippen molar-refractivity contribution in [3.63, 3.8) is 0 Å². The minimum atomic E-state index is -0.431. The maximum atomic E-state index is 13.0. The Balaban J connectivity index is 3.07. The molecule has 0 aromatic heterocycles. The SMILES string of the molecule is CCN(CC)C(C)C(N)(CC)c1ccc(F)cc1. The van der Waals surface area contributed by atoms with Gasteiger partial charge in [-0.15, -0.1) is 0 Å². The zero-order valence-electron chi connectivity index (χ0n) is 11.9. The molecule has 3 heteroatoms. The summed E-state index contributed by atoms with van der Waals surface area (Å²) in [5.41, 5.74) is 7.17. The molecule has 0 aliphatic heterocycles. The number of rotatable bonds is 6. The summed E-state index contributed by atoms with van der Waals surface area (Å²) in [4.78, 5) is 2.34. The average Bonchev–Trinajstić information content (AvgIpc) is 2.40. The van der Waals surface area contributed by atoms with Gasteiger partial charge in [0, 0.05) is 6.04 Å². The molecule has 18 heavy (non-hydrogen) atoms. The fraction of sp³-hybridized carbons (Fsp3) is 0.600. The highest BCUT2D eigenvalue weighted by atomic mass is 19.1. The second-order valence-corrected chi connectivity index (χ2v) is 4.80. The van der Waals surface area contributed by atoms with Gasteiger partial charge in [-0.05, 0) is 44.1 Å². The molecule has 0 radical (unpaired) electrons. The number of benzene rings is 1. The largest absolute Gasteiger partial charge is 0.320 e. The van der Waals surface area contributed by atoms with Gasteiger partial charge in [0.15, 0.2) is 0 Å². The van der Waals surface area contributed by atoms with E-state index in [1.54, 1.807) is 12.1 Å². The van der Waals surface area contributed by atoms with Crippen LogP contribution in [0.3, 0.4) is 0 Å². The summed E-state index contributed by atoms with van der Waals surface area (Å²) in [5.74, 6) is -0.215. The maximum absolute atomic E-state index is 13.0. The van der Waals surface area contributed by atoms with Crippen molar-refractivity contribution in [3.05, 3.63) is 35.6 Å². The van der Waals surface area contributed by atoms with Crippen LogP contribution >= 0.6 is 0 Å². The first-order chi connectivity index (χ1) is 8.49. The third-order valence-electron chi connectivity index (χ3n) is 4.07. The molecular weight excluding hydrogens is 227 g/mol. The zero-order chi connectivity index (χ0) is 13.8. The lowest BCUT2D eigenvalue weighted by atomic mass is 9.81. The van der Waals surface area contributed by atoms with Crippen LogP contribution in [-0.4, -0.2) is 24.0 Å². The molecule has 2 nitrogen and oxygen atoms in total. The molecule has 0 heterocycles. The zero-order valence-corrected chi connectivity index (χ0v) is 11.9. The molecule has 2 unspecified atom stereocenters. The number of hydrogen-bond acceptors (Lipinski definition) is 2. The Bertz CT molecular complexity index is 359. The fourth-order valence-corrected chi connectivity index (χ4v) is 2.60. The molecule has 0 fully saturated rings. The van der Waals surface area contributed by atoms with Crippen LogP contribution in [0.2, 0.25) is 0 Å². The van der Waals surface area contributed by atoms with Crippen molar-refractivity contribution in [2.45, 2.75) is 45.7 Å². The van der Waals surface area contributed by atoms with E-state index in [9.17, 15) is 4.39 Å². The Labute approximate surface area is 110 Å². The second-order valence-electron chi connectivity index (χ2n) is 4.80. The first kappa shape index (κ1) is 15.1. The lowest BCUT2D eigenvalue weighted by Crippen LogP contribution is -2.54. The molecule has 0 spiro atoms. The Morgan fingerprint density at radius 1 is 1.17 bits per heavy atom. The van der Waals surface area contributed by atoms with E-state index in [1.807, 2.05) is 0 Å². The molecule has 1 aromatic rings. The van der Waals surface area contributed by atoms with Gasteiger partial charge in [0.25, 0.3) is 0 Å². The quantitative estimate of drug-likeness (QED) is 0.843. The molecule has 1 aromatic carbocycles. The average molecular weight is 252 g/mol. The van der Waals surface area contributed by atoms with Crippen LogP contribution in [0.5, 0.6) is 0 Å². The minimum absolute atomic E-state index is 0.215. The normalized spacial score (nSPS) is 16.6. The minimum Gasteiger partial charge on any atom is -0.320 e. The van der Waals surface area contributed by atoms with Gasteiger partial charge in [-0.2, -0.15) is 0 Å². The third kappa shape index (κ3) is 2.90. The van der Waals surface area contributed by atoms with Gasteiger partial charge in [-0.25, -0.2) is 4.39 Å². The molecule has 0 aliphatic rings. The van der Waals surface area contributed by atoms with Crippen molar-refractivity contribution in [3.8, 4) is 0 Å². The van der Waals surface area contributed by atoms with Crippen LogP contribution in [0.25, 0.3) is 0 Å². The van der Waals surface area contributed by atoms with E-state index in [4.69, 9.17) is 5.73 Å². The van der Waals surface area contributed by atoms with Crippen molar-refractivity contribution in [1.29, 1.82) is 0 Å². The standard InChI is InChI=1S/C15H25FN2/c1-5-15(17,12(4)18(6-2)7-3)13-8-10-14(16)11-9-13/h8-12H,5-7,17H2,1-4H3. The number of likely N-dealkylation sites (N-methyl/N-ethyl adjacent to an activating group) is 1. The van der Waals surface area contributed by atoms with Gasteiger partial charge >= 0.3 is 0 Å². The molecule has 102 valence electrons. The Morgan fingerprint density at radius 2 is 1.67 bits per heavy atom. The van der Waals surface area contributed by atoms with E-state index < -0.39 is 5.54 Å². The maximum Gasteiger partial charge on any atom is 0.123 e. The first-order valence-corrected chi connectivity index (χ1v) is 6.78. The predicted octanol–water partition coefficient (Wildman–Crippen LogP) is 3.12. The lowest BCUT2D eigenvalue weighted by molar-refractivity contribution is 0.139. The van der Waals surface area contributed by atoms with Gasteiger partial charge in [0.2, 0.25) is 0 Å². The van der Waals surface area contributed by atoms with Crippen molar-refractivity contribution in [2.75, 3.05) is 13.1 Å². The summed E-state index contributed by atoms with van der Waals surface area (Å²) in [5, 5.41) is 0. The van der Waals surface area contributed by atoms with Crippen LogP contribution in [0.1, 0.15) is 39.7 Å². The molecular formula is C15H25FN2. The van der Waals surface area contributed by atoms with Crippen LogP contribution in [0, 0.1) is 5.82 Å². The summed E-state index contributed by atoms with van der Waals surface area (Å²) in [6, 6.07) is 6.81. The molecule has 1 rings (SSSR count). The predicted molar refractivity (Wildman–Crippen MR) is 74.9 cm³/mol. The van der Waals surface area contributed by atoms with E-state index in [-0.39, 0.29) is 11.9 Å². The topological polar surface area (TPSA) is 29.3 Å². The van der Waals surface area contributed by atoms with E-state index in [2.05, 4.69) is 32.6 Å². The molecule has 0 aliphatic carbocycles. The summed E-state index contributed by atoms with van der Waals surface area (Å²) in [6.07, 6.45) is 0.830. The molecule has 0 amide bonds. The second kappa shape index (κ2) is 6.30. The highest BCUT2D eigenvalue weighted by molar-refractivity contribution is 5.26. The van der Waals surface area contributed by atoms with Crippen LogP contribution < -0.4 is 5.73 Å². The van der Waals surface area contributed by atoms with E-state index in [0.29, 0.717) is 0 Å². The lowest BCUT2D eigenvalue weighted by Gasteiger charge is -2.41. The fourth-order valence-electron chi connectivity index (χ4n) is 2.60. The highest BCUT2D eigenvalue weighted by Gasteiger charge is 2.34. The first-order valence-electron chi connectivity index (χ1n) is 6.78. The Kier molecular flexibility index (Phi) is 5.29. The van der Waals surface area contributed by atoms with Crippen molar-refractivity contribution in [2.24, 2.45) is 5.73 Å². The summed E-state index contributed by atoms with van der Waals surface area (Å²) in [7, 11) is 0. The van der Waals surface area contributed by atoms with Crippen molar-refractivity contribution < 1.29 is 4.39 Å². The van der Waals surface area contributed by atoms with Crippen LogP contribution in [-0.2, 0) is 5.54 Å². The monoisotopic (exact) mass is 252 g/mol. The molecule has 0 saturated carbocycles. The molecule has 0 saturated heterocycles. The molecule has 2 atom stereocenters. The van der Waals surface area contributed by atoms with Crippen LogP contribution in [0.15, 0.2) is 24.3 Å². The highest BCUT2D eigenvalue weighted by Crippen LogP contribution is 2.29. The van der Waals surface area contributed by atoms with E-state index in [1.165, 1.54) is 12.1 Å². The summed E-state index contributed by atoms with van der Waals surface area (Å²) < 4.78 is 13.0. The number of halogens is 1. The van der Waals surface area contributed by atoms with Gasteiger partial charge in [-0.3, -0.25) is 4.90 Å². The van der Waals surface area contributed by atoms with Crippen LogP contribution in [0.4, 0.5) is 4.39 Å². The Morgan fingerprint density at radius 3 is 2.06 bits per heavy atom. The molecule has 2 N–H and O–H groups in total. The van der Waals surface area contributed by atoms with Gasteiger partial charge in [0.05, 0.1) is 5.54 Å². The van der Waals surface area contributed by atoms with Gasteiger partial charge < -0.3 is 5.73 Å². The van der Waals surface area contributed by atoms with Crippen molar-refractivity contribution in [1.82, 2.24) is 4.90 Å². The van der Waals surface area contributed by atoms with Crippen molar-refractivity contribution >= 4 is 0 Å². The smallest absolute Gasteiger partial charge is 0.123 e. The number of hydrogen-bond donors (Lipinski definition) is 1. The third-order valence-corrected chi connectivity index (χ3v) is 4.07. The van der Waals surface area contributed by atoms with Gasteiger partial charge in [0.1, 0.15) is 5.82 Å². The summed E-state index contributed by atoms with van der Waals surface area (Å²) in [6.45, 7) is 10.5. The van der Waals surface area contributed by atoms with E-state index >= 15 is 0 Å². The van der Waals surface area contributed by atoms with E-state index in [0.717, 1.165) is 25.1 Å². The number of nitrogens with zero attached hydrogens (tertiary/aromatic N) is 1. The Hall–Kier alpha value is -0.930. The summed E-state index contributed by atoms with van der Waals surface area (Å²) >= 11 is 0. The molecule has 0 bridgehead atoms. The number of nitrogens with two attached hydrogens (primary N) is 1.